The lowest BCUT2D eigenvalue weighted by molar-refractivity contribution is -0.122. The van der Waals surface area contributed by atoms with Crippen molar-refractivity contribution in [1.29, 1.82) is 0 Å². The van der Waals surface area contributed by atoms with E-state index in [9.17, 15) is 4.79 Å². The number of anilines is 1. The van der Waals surface area contributed by atoms with Gasteiger partial charge in [-0.3, -0.25) is 4.79 Å². The number of hydrogen-bond acceptors (Lipinski definition) is 4. The van der Waals surface area contributed by atoms with E-state index in [1.54, 1.807) is 51.5 Å². The molecule has 0 heterocycles. The van der Waals surface area contributed by atoms with E-state index in [-0.39, 0.29) is 5.91 Å². The Balaban J connectivity index is 2.03. The van der Waals surface area contributed by atoms with Crippen LogP contribution in [0.15, 0.2) is 46.9 Å². The second-order valence-corrected chi connectivity index (χ2v) is 5.69. The lowest BCUT2D eigenvalue weighted by atomic mass is 10.2. The zero-order chi connectivity index (χ0) is 16.8. The van der Waals surface area contributed by atoms with Crippen LogP contribution < -0.4 is 19.5 Å². The SMILES string of the molecule is COc1ccc(NC(=O)C(C)Oc2cccc(Br)c2)cc1OC. The van der Waals surface area contributed by atoms with Gasteiger partial charge in [0.1, 0.15) is 5.75 Å². The van der Waals surface area contributed by atoms with Crippen molar-refractivity contribution < 1.29 is 19.0 Å². The van der Waals surface area contributed by atoms with Crippen molar-refractivity contribution in [2.45, 2.75) is 13.0 Å². The molecule has 0 saturated heterocycles. The van der Waals surface area contributed by atoms with Crippen LogP contribution in [0.5, 0.6) is 17.2 Å². The fourth-order valence-electron chi connectivity index (χ4n) is 1.96. The molecule has 0 radical (unpaired) electrons. The number of benzene rings is 2. The van der Waals surface area contributed by atoms with Gasteiger partial charge >= 0.3 is 0 Å². The Morgan fingerprint density at radius 3 is 2.48 bits per heavy atom. The summed E-state index contributed by atoms with van der Waals surface area (Å²) in [4.78, 5) is 12.2. The van der Waals surface area contributed by atoms with Crippen LogP contribution in [0.2, 0.25) is 0 Å². The second-order valence-electron chi connectivity index (χ2n) is 4.78. The first-order valence-corrected chi connectivity index (χ1v) is 7.78. The molecule has 0 bridgehead atoms. The maximum absolute atomic E-state index is 12.2. The summed E-state index contributed by atoms with van der Waals surface area (Å²) < 4.78 is 16.9. The molecular formula is C17H18BrNO4. The molecule has 23 heavy (non-hydrogen) atoms. The summed E-state index contributed by atoms with van der Waals surface area (Å²) in [7, 11) is 3.10. The van der Waals surface area contributed by atoms with E-state index >= 15 is 0 Å². The molecule has 1 N–H and O–H groups in total. The summed E-state index contributed by atoms with van der Waals surface area (Å²) in [5.41, 5.74) is 0.609. The molecule has 1 amide bonds. The molecule has 0 spiro atoms. The van der Waals surface area contributed by atoms with E-state index in [1.165, 1.54) is 0 Å². The number of rotatable bonds is 6. The summed E-state index contributed by atoms with van der Waals surface area (Å²) >= 11 is 3.37. The average molecular weight is 380 g/mol. The van der Waals surface area contributed by atoms with Gasteiger partial charge in [-0.15, -0.1) is 0 Å². The van der Waals surface area contributed by atoms with Gasteiger partial charge in [-0.1, -0.05) is 22.0 Å². The number of ether oxygens (including phenoxy) is 3. The zero-order valence-corrected chi connectivity index (χ0v) is 14.7. The molecule has 6 heteroatoms. The van der Waals surface area contributed by atoms with Crippen LogP contribution >= 0.6 is 15.9 Å². The van der Waals surface area contributed by atoms with Gasteiger partial charge in [-0.25, -0.2) is 0 Å². The Hall–Kier alpha value is -2.21. The summed E-state index contributed by atoms with van der Waals surface area (Å²) in [6, 6.07) is 12.5. The molecule has 0 aliphatic carbocycles. The second kappa shape index (κ2) is 7.87. The molecule has 0 saturated carbocycles. The van der Waals surface area contributed by atoms with Gasteiger partial charge in [0.05, 0.1) is 14.2 Å². The predicted molar refractivity (Wildman–Crippen MR) is 92.4 cm³/mol. The van der Waals surface area contributed by atoms with Crippen LogP contribution in [0, 0.1) is 0 Å². The van der Waals surface area contributed by atoms with Crippen LogP contribution in [-0.2, 0) is 4.79 Å². The fourth-order valence-corrected chi connectivity index (χ4v) is 2.33. The largest absolute Gasteiger partial charge is 0.493 e. The number of hydrogen-bond donors (Lipinski definition) is 1. The lowest BCUT2D eigenvalue weighted by Crippen LogP contribution is -2.30. The monoisotopic (exact) mass is 379 g/mol. The highest BCUT2D eigenvalue weighted by Gasteiger charge is 2.16. The van der Waals surface area contributed by atoms with Gasteiger partial charge in [0.25, 0.3) is 5.91 Å². The minimum atomic E-state index is -0.641. The Labute approximate surface area is 143 Å². The quantitative estimate of drug-likeness (QED) is 0.827. The molecule has 2 rings (SSSR count). The van der Waals surface area contributed by atoms with E-state index in [0.29, 0.717) is 22.9 Å². The van der Waals surface area contributed by atoms with Crippen molar-refractivity contribution in [1.82, 2.24) is 0 Å². The van der Waals surface area contributed by atoms with Crippen LogP contribution in [0.25, 0.3) is 0 Å². The van der Waals surface area contributed by atoms with Crippen LogP contribution in [0.4, 0.5) is 5.69 Å². The predicted octanol–water partition coefficient (Wildman–Crippen LogP) is 3.87. The Morgan fingerprint density at radius 1 is 1.09 bits per heavy atom. The molecule has 0 aliphatic rings. The van der Waals surface area contributed by atoms with Gasteiger partial charge in [-0.05, 0) is 37.3 Å². The molecule has 1 atom stereocenters. The fraction of sp³-hybridized carbons (Fsp3) is 0.235. The minimum absolute atomic E-state index is 0.253. The Morgan fingerprint density at radius 2 is 1.83 bits per heavy atom. The van der Waals surface area contributed by atoms with Gasteiger partial charge < -0.3 is 19.5 Å². The lowest BCUT2D eigenvalue weighted by Gasteiger charge is -2.16. The molecule has 2 aromatic rings. The van der Waals surface area contributed by atoms with Gasteiger partial charge in [0.2, 0.25) is 0 Å². The number of amides is 1. The first kappa shape index (κ1) is 17.1. The number of carbonyl (C=O) groups is 1. The molecule has 122 valence electrons. The summed E-state index contributed by atoms with van der Waals surface area (Å²) in [6.45, 7) is 1.69. The molecule has 1 unspecified atom stereocenters. The number of halogens is 1. The third-order valence-electron chi connectivity index (χ3n) is 3.13. The minimum Gasteiger partial charge on any atom is -0.493 e. The zero-order valence-electron chi connectivity index (χ0n) is 13.1. The highest BCUT2D eigenvalue weighted by Crippen LogP contribution is 2.29. The maximum atomic E-state index is 12.2. The number of nitrogens with one attached hydrogen (secondary N) is 1. The first-order chi connectivity index (χ1) is 11.0. The average Bonchev–Trinajstić information content (AvgIpc) is 2.54. The molecule has 2 aromatic carbocycles. The van der Waals surface area contributed by atoms with Crippen molar-refractivity contribution in [3.05, 3.63) is 46.9 Å². The maximum Gasteiger partial charge on any atom is 0.265 e. The smallest absolute Gasteiger partial charge is 0.265 e. The van der Waals surface area contributed by atoms with Crippen molar-refractivity contribution >= 4 is 27.5 Å². The third kappa shape index (κ3) is 4.63. The highest BCUT2D eigenvalue weighted by atomic mass is 79.9. The van der Waals surface area contributed by atoms with E-state index in [1.807, 2.05) is 12.1 Å². The number of carbonyl (C=O) groups excluding carboxylic acids is 1. The Bertz CT molecular complexity index is 690. The molecule has 0 aliphatic heterocycles. The summed E-state index contributed by atoms with van der Waals surface area (Å²) in [6.07, 6.45) is -0.641. The van der Waals surface area contributed by atoms with E-state index < -0.39 is 6.10 Å². The van der Waals surface area contributed by atoms with E-state index in [4.69, 9.17) is 14.2 Å². The third-order valence-corrected chi connectivity index (χ3v) is 3.62. The first-order valence-electron chi connectivity index (χ1n) is 6.98. The van der Waals surface area contributed by atoms with E-state index in [2.05, 4.69) is 21.2 Å². The van der Waals surface area contributed by atoms with Gasteiger partial charge in [0.15, 0.2) is 17.6 Å². The Kier molecular flexibility index (Phi) is 5.87. The molecular weight excluding hydrogens is 362 g/mol. The highest BCUT2D eigenvalue weighted by molar-refractivity contribution is 9.10. The van der Waals surface area contributed by atoms with Crippen molar-refractivity contribution in [3.8, 4) is 17.2 Å². The standard InChI is InChI=1S/C17H18BrNO4/c1-11(23-14-6-4-5-12(18)9-14)17(20)19-13-7-8-15(21-2)16(10-13)22-3/h4-11H,1-3H3,(H,19,20). The molecule has 0 aromatic heterocycles. The molecule has 0 fully saturated rings. The number of methoxy groups -OCH3 is 2. The summed E-state index contributed by atoms with van der Waals surface area (Å²) in [5.74, 6) is 1.52. The van der Waals surface area contributed by atoms with Crippen molar-refractivity contribution in [2.24, 2.45) is 0 Å². The van der Waals surface area contributed by atoms with E-state index in [0.717, 1.165) is 4.47 Å². The summed E-state index contributed by atoms with van der Waals surface area (Å²) in [5, 5.41) is 2.79. The van der Waals surface area contributed by atoms with Crippen molar-refractivity contribution in [2.75, 3.05) is 19.5 Å². The molecule has 5 nitrogen and oxygen atoms in total. The van der Waals surface area contributed by atoms with Crippen molar-refractivity contribution in [3.63, 3.8) is 0 Å². The topological polar surface area (TPSA) is 56.8 Å². The van der Waals surface area contributed by atoms with Gasteiger partial charge in [-0.2, -0.15) is 0 Å². The van der Waals surface area contributed by atoms with Crippen LogP contribution in [-0.4, -0.2) is 26.2 Å². The van der Waals surface area contributed by atoms with Crippen LogP contribution in [0.3, 0.4) is 0 Å². The normalized spacial score (nSPS) is 11.5. The van der Waals surface area contributed by atoms with Crippen LogP contribution in [0.1, 0.15) is 6.92 Å². The van der Waals surface area contributed by atoms with Gasteiger partial charge in [0, 0.05) is 16.2 Å².